The molecule has 0 saturated carbocycles. The number of nitrogens with zero attached hydrogens (tertiary/aromatic N) is 2. The maximum atomic E-state index is 13.2. The van der Waals surface area contributed by atoms with Gasteiger partial charge in [0, 0.05) is 51.5 Å². The Bertz CT molecular complexity index is 1410. The van der Waals surface area contributed by atoms with Gasteiger partial charge < -0.3 is 9.77 Å². The lowest BCUT2D eigenvalue weighted by Gasteiger charge is -2.06. The van der Waals surface area contributed by atoms with Crippen molar-refractivity contribution in [2.24, 2.45) is 5.16 Å². The largest absolute Gasteiger partial charge is 0.411 e. The highest BCUT2D eigenvalue weighted by atomic mass is 16.4. The normalized spacial score (nSPS) is 14.7. The summed E-state index contributed by atoms with van der Waals surface area (Å²) < 4.78 is 2.19. The van der Waals surface area contributed by atoms with Crippen molar-refractivity contribution in [3.05, 3.63) is 82.4 Å². The van der Waals surface area contributed by atoms with Gasteiger partial charge in [-0.25, -0.2) is 0 Å². The van der Waals surface area contributed by atoms with E-state index in [1.165, 1.54) is 0 Å². The molecule has 1 aliphatic carbocycles. The molecule has 148 valence electrons. The van der Waals surface area contributed by atoms with Crippen LogP contribution < -0.4 is 0 Å². The summed E-state index contributed by atoms with van der Waals surface area (Å²) in [5.41, 5.74) is 5.86. The third kappa shape index (κ3) is 2.45. The van der Waals surface area contributed by atoms with Gasteiger partial charge in [-0.15, -0.1) is 0 Å². The summed E-state index contributed by atoms with van der Waals surface area (Å²) >= 11 is 0. The van der Waals surface area contributed by atoms with Crippen LogP contribution in [0.2, 0.25) is 0 Å². The second kappa shape index (κ2) is 6.66. The Kier molecular flexibility index (Phi) is 4.07. The molecule has 5 nitrogen and oxygen atoms in total. The summed E-state index contributed by atoms with van der Waals surface area (Å²) in [6.07, 6.45) is 0.292. The van der Waals surface area contributed by atoms with Crippen molar-refractivity contribution in [3.63, 3.8) is 0 Å². The minimum absolute atomic E-state index is 0.0198. The van der Waals surface area contributed by atoms with E-state index in [0.717, 1.165) is 39.5 Å². The molecule has 1 aromatic heterocycles. The molecule has 0 unspecified atom stereocenters. The highest BCUT2D eigenvalue weighted by Gasteiger charge is 2.30. The number of carbonyl (C=O) groups is 2. The molecular formula is C25H20N2O3. The van der Waals surface area contributed by atoms with Crippen molar-refractivity contribution in [1.29, 1.82) is 0 Å². The monoisotopic (exact) mass is 396 g/mol. The maximum absolute atomic E-state index is 13.2. The number of hydrogen-bond donors (Lipinski definition) is 1. The fourth-order valence-electron chi connectivity index (χ4n) is 4.61. The molecule has 1 aliphatic rings. The molecule has 3 aromatic carbocycles. The summed E-state index contributed by atoms with van der Waals surface area (Å²) in [5, 5.41) is 14.3. The molecule has 30 heavy (non-hydrogen) atoms. The number of hydrogen-bond acceptors (Lipinski definition) is 4. The van der Waals surface area contributed by atoms with Crippen LogP contribution in [0.1, 0.15) is 44.3 Å². The van der Waals surface area contributed by atoms with Gasteiger partial charge in [-0.05, 0) is 55.3 Å². The van der Waals surface area contributed by atoms with Crippen molar-refractivity contribution >= 4 is 39.1 Å². The van der Waals surface area contributed by atoms with Gasteiger partial charge in [-0.2, -0.15) is 0 Å². The van der Waals surface area contributed by atoms with Crippen LogP contribution in [0.3, 0.4) is 0 Å². The summed E-state index contributed by atoms with van der Waals surface area (Å²) in [6, 6.07) is 17.1. The molecule has 1 N–H and O–H groups in total. The summed E-state index contributed by atoms with van der Waals surface area (Å²) in [4.78, 5) is 25.7. The van der Waals surface area contributed by atoms with E-state index in [0.29, 0.717) is 23.1 Å². The lowest BCUT2D eigenvalue weighted by atomic mass is 9.96. The summed E-state index contributed by atoms with van der Waals surface area (Å²) in [6.45, 7) is 4.77. The van der Waals surface area contributed by atoms with E-state index in [9.17, 15) is 14.8 Å². The molecule has 0 fully saturated rings. The van der Waals surface area contributed by atoms with Crippen molar-refractivity contribution in [3.8, 4) is 0 Å². The van der Waals surface area contributed by atoms with Crippen molar-refractivity contribution in [1.82, 2.24) is 4.57 Å². The number of aromatic nitrogens is 1. The first-order valence-electron chi connectivity index (χ1n) is 9.99. The minimum atomic E-state index is -0.237. The number of rotatable bonds is 3. The zero-order valence-electron chi connectivity index (χ0n) is 16.8. The maximum Gasteiger partial charge on any atom is 0.211 e. The molecule has 5 rings (SSSR count). The molecule has 4 aromatic rings. The molecule has 1 heterocycles. The van der Waals surface area contributed by atoms with Crippen LogP contribution in [0.5, 0.6) is 0 Å². The third-order valence-corrected chi connectivity index (χ3v) is 6.08. The second-order valence-electron chi connectivity index (χ2n) is 7.66. The van der Waals surface area contributed by atoms with E-state index in [-0.39, 0.29) is 17.3 Å². The van der Waals surface area contributed by atoms with E-state index in [1.807, 2.05) is 61.5 Å². The van der Waals surface area contributed by atoms with E-state index in [4.69, 9.17) is 0 Å². The number of benzene rings is 3. The Hall–Kier alpha value is -3.73. The van der Waals surface area contributed by atoms with Gasteiger partial charge in [0.2, 0.25) is 5.78 Å². The van der Waals surface area contributed by atoms with Crippen molar-refractivity contribution < 1.29 is 14.8 Å². The number of aryl methyl sites for hydroxylation is 2. The molecule has 0 bridgehead atoms. The van der Waals surface area contributed by atoms with E-state index < -0.39 is 0 Å². The van der Waals surface area contributed by atoms with Gasteiger partial charge >= 0.3 is 0 Å². The summed E-state index contributed by atoms with van der Waals surface area (Å²) in [5.74, 6) is -0.257. The van der Waals surface area contributed by atoms with Gasteiger partial charge in [-0.3, -0.25) is 9.59 Å². The molecule has 5 heteroatoms. The summed E-state index contributed by atoms with van der Waals surface area (Å²) in [7, 11) is 0. The van der Waals surface area contributed by atoms with Crippen LogP contribution in [0.4, 0.5) is 0 Å². The molecule has 0 spiro atoms. The Balaban J connectivity index is 1.80. The number of Topliss-reactive ketones (excluding diaryl/α,β-unsaturated/α-hetero) is 1. The highest BCUT2D eigenvalue weighted by molar-refractivity contribution is 6.50. The fourth-order valence-corrected chi connectivity index (χ4v) is 4.61. The van der Waals surface area contributed by atoms with E-state index in [1.54, 1.807) is 0 Å². The Morgan fingerprint density at radius 3 is 2.60 bits per heavy atom. The fraction of sp³-hybridized carbons (Fsp3) is 0.160. The number of carbonyl (C=O) groups excluding carboxylic acids is 2. The van der Waals surface area contributed by atoms with Gasteiger partial charge in [0.05, 0.1) is 0 Å². The first-order chi connectivity index (χ1) is 14.5. The lowest BCUT2D eigenvalue weighted by Crippen LogP contribution is -2.06. The van der Waals surface area contributed by atoms with Crippen LogP contribution in [-0.4, -0.2) is 27.1 Å². The molecular weight excluding hydrogens is 376 g/mol. The third-order valence-electron chi connectivity index (χ3n) is 6.08. The topological polar surface area (TPSA) is 71.7 Å². The smallest absolute Gasteiger partial charge is 0.211 e. The SMILES string of the molecule is CCn1c2ccc(C(=O)c3ccccc3C)cc2c2c3c(ccc21)C(=O)/C(=N/O)C3. The van der Waals surface area contributed by atoms with Crippen molar-refractivity contribution in [2.75, 3.05) is 0 Å². The lowest BCUT2D eigenvalue weighted by molar-refractivity contribution is 0.103. The first-order valence-corrected chi connectivity index (χ1v) is 9.99. The Morgan fingerprint density at radius 1 is 1.10 bits per heavy atom. The number of oxime groups is 1. The van der Waals surface area contributed by atoms with Crippen LogP contribution in [-0.2, 0) is 13.0 Å². The quantitative estimate of drug-likeness (QED) is 0.303. The average molecular weight is 396 g/mol. The van der Waals surface area contributed by atoms with Crippen LogP contribution in [0, 0.1) is 6.92 Å². The first kappa shape index (κ1) is 18.3. The second-order valence-corrected chi connectivity index (χ2v) is 7.66. The number of ketones is 2. The number of fused-ring (bicyclic) bond motifs is 5. The minimum Gasteiger partial charge on any atom is -0.411 e. The van der Waals surface area contributed by atoms with Gasteiger partial charge in [0.25, 0.3) is 0 Å². The molecule has 0 aliphatic heterocycles. The van der Waals surface area contributed by atoms with Gasteiger partial charge in [0.15, 0.2) is 5.78 Å². The van der Waals surface area contributed by atoms with E-state index in [2.05, 4.69) is 16.6 Å². The van der Waals surface area contributed by atoms with Crippen LogP contribution in [0.25, 0.3) is 21.8 Å². The van der Waals surface area contributed by atoms with Crippen molar-refractivity contribution in [2.45, 2.75) is 26.8 Å². The zero-order chi connectivity index (χ0) is 21.0. The molecule has 0 radical (unpaired) electrons. The van der Waals surface area contributed by atoms with E-state index >= 15 is 0 Å². The molecule has 0 amide bonds. The average Bonchev–Trinajstić information content (AvgIpc) is 3.27. The van der Waals surface area contributed by atoms with Crippen LogP contribution >= 0.6 is 0 Å². The highest BCUT2D eigenvalue weighted by Crippen LogP contribution is 2.37. The zero-order valence-corrected chi connectivity index (χ0v) is 16.8. The van der Waals surface area contributed by atoms with Gasteiger partial charge in [0.1, 0.15) is 5.71 Å². The predicted molar refractivity (Wildman–Crippen MR) is 117 cm³/mol. The Labute approximate surface area is 173 Å². The molecule has 0 saturated heterocycles. The Morgan fingerprint density at radius 2 is 1.87 bits per heavy atom. The van der Waals surface area contributed by atoms with Gasteiger partial charge in [-0.1, -0.05) is 29.4 Å². The van der Waals surface area contributed by atoms with Crippen LogP contribution in [0.15, 0.2) is 59.8 Å². The predicted octanol–water partition coefficient (Wildman–Crippen LogP) is 4.92. The standard InChI is InChI=1S/C25H20N2O3/c1-3-27-21-10-8-15(24(28)16-7-5-4-6-14(16)2)12-19(21)23-18-13-20(26-30)25(29)17(18)9-11-22(23)27/h4-12,30H,3,13H2,1-2H3/b26-20+. The molecule has 0 atom stereocenters.